The molecule has 1 heteroatoms. The smallest absolute Gasteiger partial charge is 0.0619 e. The molecule has 0 rings (SSSR count). The molecule has 0 aliphatic carbocycles. The van der Waals surface area contributed by atoms with Gasteiger partial charge in [0.2, 0.25) is 0 Å². The first kappa shape index (κ1) is 25.0. The van der Waals surface area contributed by atoms with E-state index in [0.717, 1.165) is 19.3 Å². The van der Waals surface area contributed by atoms with Crippen molar-refractivity contribution in [3.05, 3.63) is 0 Å². The van der Waals surface area contributed by atoms with Crippen LogP contribution < -0.4 is 0 Å². The summed E-state index contributed by atoms with van der Waals surface area (Å²) in [6.07, 6.45) is 27.1. The second kappa shape index (κ2) is 18.7. The first-order valence-electron chi connectivity index (χ1n) is 11.8. The highest BCUT2D eigenvalue weighted by Gasteiger charge is 2.17. The molecule has 0 aromatic rings. The van der Waals surface area contributed by atoms with Gasteiger partial charge < -0.3 is 5.11 Å². The Balaban J connectivity index is 3.10. The molecule has 0 aliphatic heterocycles. The van der Waals surface area contributed by atoms with E-state index < -0.39 is 5.60 Å². The third kappa shape index (κ3) is 20.1. The minimum absolute atomic E-state index is 0.412. The van der Waals surface area contributed by atoms with Gasteiger partial charge in [-0.3, -0.25) is 0 Å². The van der Waals surface area contributed by atoms with Gasteiger partial charge in [0, 0.05) is 0 Å². The van der Waals surface area contributed by atoms with Crippen molar-refractivity contribution in [3.63, 3.8) is 0 Å². The van der Waals surface area contributed by atoms with Crippen molar-refractivity contribution >= 4 is 0 Å². The minimum atomic E-state index is -0.412. The molecule has 0 saturated carbocycles. The summed E-state index contributed by atoms with van der Waals surface area (Å²) in [4.78, 5) is 0. The van der Waals surface area contributed by atoms with Gasteiger partial charge in [-0.15, -0.1) is 0 Å². The van der Waals surface area contributed by atoms with Crippen LogP contribution in [0.4, 0.5) is 0 Å². The maximum absolute atomic E-state index is 10.1. The Morgan fingerprint density at radius 3 is 1.08 bits per heavy atom. The van der Waals surface area contributed by atoms with Crippen LogP contribution in [0.3, 0.4) is 0 Å². The molecule has 0 aromatic heterocycles. The van der Waals surface area contributed by atoms with Crippen LogP contribution in [0, 0.1) is 0 Å². The van der Waals surface area contributed by atoms with Crippen molar-refractivity contribution in [2.75, 3.05) is 0 Å². The van der Waals surface area contributed by atoms with E-state index in [2.05, 4.69) is 13.8 Å². The van der Waals surface area contributed by atoms with Gasteiger partial charge in [0.25, 0.3) is 0 Å². The van der Waals surface area contributed by atoms with E-state index >= 15 is 0 Å². The highest BCUT2D eigenvalue weighted by atomic mass is 16.3. The van der Waals surface area contributed by atoms with E-state index in [-0.39, 0.29) is 0 Å². The summed E-state index contributed by atoms with van der Waals surface area (Å²) in [6, 6.07) is 0. The average molecular weight is 355 g/mol. The summed E-state index contributed by atoms with van der Waals surface area (Å²) in [5.74, 6) is 0. The molecule has 0 radical (unpaired) electrons. The van der Waals surface area contributed by atoms with Crippen LogP contribution in [0.5, 0.6) is 0 Å². The van der Waals surface area contributed by atoms with Gasteiger partial charge in [-0.1, -0.05) is 129 Å². The molecule has 0 heterocycles. The number of hydrogen-bond acceptors (Lipinski definition) is 1. The summed E-state index contributed by atoms with van der Waals surface area (Å²) in [5.41, 5.74) is -0.412. The predicted molar refractivity (Wildman–Crippen MR) is 114 cm³/mol. The quantitative estimate of drug-likeness (QED) is 0.217. The van der Waals surface area contributed by atoms with Crippen LogP contribution in [-0.2, 0) is 0 Å². The molecule has 0 saturated heterocycles. The number of unbranched alkanes of at least 4 members (excludes halogenated alkanes) is 16. The summed E-state index contributed by atoms with van der Waals surface area (Å²) in [6.45, 7) is 6.45. The fourth-order valence-electron chi connectivity index (χ4n) is 3.89. The Morgan fingerprint density at radius 1 is 0.440 bits per heavy atom. The van der Waals surface area contributed by atoms with Crippen LogP contribution in [0.25, 0.3) is 0 Å². The molecule has 25 heavy (non-hydrogen) atoms. The maximum atomic E-state index is 10.1. The Kier molecular flexibility index (Phi) is 18.7. The van der Waals surface area contributed by atoms with Gasteiger partial charge in [0.05, 0.1) is 5.60 Å². The standard InChI is InChI=1S/C24H50O/c1-4-6-7-8-9-10-11-12-13-14-15-16-17-18-19-20-21-23-24(3,25)22-5-2/h25H,4-23H2,1-3H3. The van der Waals surface area contributed by atoms with Crippen LogP contribution in [0.1, 0.15) is 149 Å². The van der Waals surface area contributed by atoms with Crippen molar-refractivity contribution in [1.82, 2.24) is 0 Å². The molecule has 0 bridgehead atoms. The zero-order valence-electron chi connectivity index (χ0n) is 18.1. The molecule has 152 valence electrons. The molecule has 1 unspecified atom stereocenters. The van der Waals surface area contributed by atoms with Gasteiger partial charge >= 0.3 is 0 Å². The third-order valence-corrected chi connectivity index (χ3v) is 5.61. The zero-order valence-corrected chi connectivity index (χ0v) is 18.1. The molecule has 0 amide bonds. The van der Waals surface area contributed by atoms with E-state index in [1.165, 1.54) is 109 Å². The Bertz CT molecular complexity index is 246. The molecule has 1 atom stereocenters. The average Bonchev–Trinajstić information content (AvgIpc) is 2.57. The van der Waals surface area contributed by atoms with Gasteiger partial charge in [-0.25, -0.2) is 0 Å². The predicted octanol–water partition coefficient (Wildman–Crippen LogP) is 8.58. The van der Waals surface area contributed by atoms with Crippen LogP contribution >= 0.6 is 0 Å². The molecular formula is C24H50O. The first-order chi connectivity index (χ1) is 12.1. The lowest BCUT2D eigenvalue weighted by atomic mass is 9.93. The lowest BCUT2D eigenvalue weighted by molar-refractivity contribution is 0.0386. The zero-order chi connectivity index (χ0) is 18.6. The monoisotopic (exact) mass is 354 g/mol. The van der Waals surface area contributed by atoms with Gasteiger partial charge in [0.1, 0.15) is 0 Å². The Hall–Kier alpha value is -0.0400. The second-order valence-corrected chi connectivity index (χ2v) is 8.65. The maximum Gasteiger partial charge on any atom is 0.0619 e. The van der Waals surface area contributed by atoms with E-state index in [4.69, 9.17) is 0 Å². The van der Waals surface area contributed by atoms with Crippen molar-refractivity contribution in [2.45, 2.75) is 155 Å². The normalized spacial score (nSPS) is 13.9. The van der Waals surface area contributed by atoms with Crippen molar-refractivity contribution in [1.29, 1.82) is 0 Å². The van der Waals surface area contributed by atoms with E-state index in [0.29, 0.717) is 0 Å². The minimum Gasteiger partial charge on any atom is -0.390 e. The summed E-state index contributed by atoms with van der Waals surface area (Å²) in [7, 11) is 0. The summed E-state index contributed by atoms with van der Waals surface area (Å²) in [5, 5.41) is 10.1. The van der Waals surface area contributed by atoms with Crippen LogP contribution in [-0.4, -0.2) is 10.7 Å². The molecule has 0 aliphatic rings. The lowest BCUT2D eigenvalue weighted by Crippen LogP contribution is -2.23. The fraction of sp³-hybridized carbons (Fsp3) is 1.00. The highest BCUT2D eigenvalue weighted by molar-refractivity contribution is 4.71. The molecule has 0 aromatic carbocycles. The largest absolute Gasteiger partial charge is 0.390 e. The highest BCUT2D eigenvalue weighted by Crippen LogP contribution is 2.21. The number of aliphatic hydroxyl groups is 1. The molecule has 1 N–H and O–H groups in total. The van der Waals surface area contributed by atoms with Gasteiger partial charge in [-0.05, 0) is 19.8 Å². The molecular weight excluding hydrogens is 304 g/mol. The third-order valence-electron chi connectivity index (χ3n) is 5.61. The topological polar surface area (TPSA) is 20.2 Å². The van der Waals surface area contributed by atoms with Gasteiger partial charge in [0.15, 0.2) is 0 Å². The molecule has 0 fully saturated rings. The van der Waals surface area contributed by atoms with Crippen LogP contribution in [0.2, 0.25) is 0 Å². The number of rotatable bonds is 20. The Morgan fingerprint density at radius 2 is 0.760 bits per heavy atom. The van der Waals surface area contributed by atoms with E-state index in [1.807, 2.05) is 6.92 Å². The number of hydrogen-bond donors (Lipinski definition) is 1. The Labute approximate surface area is 160 Å². The van der Waals surface area contributed by atoms with Crippen LogP contribution in [0.15, 0.2) is 0 Å². The van der Waals surface area contributed by atoms with Crippen molar-refractivity contribution in [3.8, 4) is 0 Å². The van der Waals surface area contributed by atoms with Crippen molar-refractivity contribution in [2.24, 2.45) is 0 Å². The van der Waals surface area contributed by atoms with E-state index in [1.54, 1.807) is 0 Å². The summed E-state index contributed by atoms with van der Waals surface area (Å²) < 4.78 is 0. The molecule has 0 spiro atoms. The van der Waals surface area contributed by atoms with Crippen molar-refractivity contribution < 1.29 is 5.11 Å². The fourth-order valence-corrected chi connectivity index (χ4v) is 3.89. The second-order valence-electron chi connectivity index (χ2n) is 8.65. The first-order valence-corrected chi connectivity index (χ1v) is 11.8. The SMILES string of the molecule is CCCCCCCCCCCCCCCCCCCC(C)(O)CCC. The van der Waals surface area contributed by atoms with E-state index in [9.17, 15) is 5.11 Å². The summed E-state index contributed by atoms with van der Waals surface area (Å²) >= 11 is 0. The molecule has 1 nitrogen and oxygen atoms in total. The van der Waals surface area contributed by atoms with Gasteiger partial charge in [-0.2, -0.15) is 0 Å². The lowest BCUT2D eigenvalue weighted by Gasteiger charge is -2.22.